The summed E-state index contributed by atoms with van der Waals surface area (Å²) in [5, 5.41) is 34.8. The van der Waals surface area contributed by atoms with Crippen LogP contribution in [-0.2, 0) is 70.4 Å². The van der Waals surface area contributed by atoms with E-state index in [1.54, 1.807) is 30.3 Å². The number of likely N-dealkylation sites (tertiary alicyclic amines) is 1. The lowest BCUT2D eigenvalue weighted by Gasteiger charge is -2.31. The van der Waals surface area contributed by atoms with Crippen LogP contribution >= 0.6 is 21.6 Å². The number of carbonyl (C=O) groups is 12. The van der Waals surface area contributed by atoms with Crippen LogP contribution in [0.5, 0.6) is 5.75 Å². The number of primary amides is 3. The van der Waals surface area contributed by atoms with E-state index in [1.807, 2.05) is 0 Å². The van der Waals surface area contributed by atoms with Crippen molar-refractivity contribution in [2.45, 2.75) is 112 Å². The van der Waals surface area contributed by atoms with Crippen molar-refractivity contribution in [3.8, 4) is 5.75 Å². The number of rotatable bonds is 18. The predicted octanol–water partition coefficient (Wildman–Crippen LogP) is -4.09. The molecule has 11 amide bonds. The van der Waals surface area contributed by atoms with Crippen molar-refractivity contribution in [1.29, 1.82) is 0 Å². The minimum atomic E-state index is -5.08. The van der Waals surface area contributed by atoms with E-state index < -0.39 is 151 Å². The van der Waals surface area contributed by atoms with E-state index in [1.165, 1.54) is 29.2 Å². The molecule has 2 aliphatic rings. The number of hydrogen-bond acceptors (Lipinski definition) is 17. The lowest BCUT2D eigenvalue weighted by Crippen LogP contribution is -2.61. The molecule has 8 atom stereocenters. The second-order valence-corrected chi connectivity index (χ2v) is 20.4. The van der Waals surface area contributed by atoms with Gasteiger partial charge in [0.05, 0.1) is 19.0 Å². The van der Waals surface area contributed by atoms with Gasteiger partial charge in [-0.25, -0.2) is 4.79 Å². The number of aliphatic carboxylic acids is 1. The van der Waals surface area contributed by atoms with Crippen molar-refractivity contribution in [2.75, 3.05) is 31.1 Å². The fourth-order valence-corrected chi connectivity index (χ4v) is 9.90. The summed E-state index contributed by atoms with van der Waals surface area (Å²) in [5.41, 5.74) is 29.2. The number of nitrogens with one attached hydrogen (secondary N) is 7. The van der Waals surface area contributed by atoms with Crippen LogP contribution in [0.3, 0.4) is 0 Å². The first-order chi connectivity index (χ1) is 37.2. The smallest absolute Gasteiger partial charge is 0.490 e. The topological polar surface area (TPSA) is 463 Å². The van der Waals surface area contributed by atoms with Gasteiger partial charge in [0.15, 0.2) is 0 Å². The van der Waals surface area contributed by atoms with Crippen LogP contribution in [0, 0.1) is 0 Å². The van der Waals surface area contributed by atoms with Gasteiger partial charge < -0.3 is 81.0 Å². The molecule has 27 nitrogen and oxygen atoms in total. The summed E-state index contributed by atoms with van der Waals surface area (Å²) in [5.74, 6) is -12.8. The Morgan fingerprint density at radius 1 is 0.722 bits per heavy atom. The zero-order chi connectivity index (χ0) is 59.0. The fraction of sp³-hybridized carbons (Fsp3) is 0.489. The Labute approximate surface area is 457 Å². The highest BCUT2D eigenvalue weighted by Crippen LogP contribution is 2.26. The molecule has 0 spiro atoms. The van der Waals surface area contributed by atoms with E-state index in [0.717, 1.165) is 21.6 Å². The summed E-state index contributed by atoms with van der Waals surface area (Å²) in [6.45, 7) is -0.299. The molecule has 0 aromatic heterocycles. The van der Waals surface area contributed by atoms with Gasteiger partial charge in [-0.3, -0.25) is 52.7 Å². The van der Waals surface area contributed by atoms with Gasteiger partial charge in [-0.2, -0.15) is 13.2 Å². The first kappa shape index (κ1) is 65.6. The van der Waals surface area contributed by atoms with Crippen molar-refractivity contribution in [1.82, 2.24) is 42.1 Å². The molecule has 2 saturated heterocycles. The third-order valence-electron chi connectivity index (χ3n) is 11.6. The van der Waals surface area contributed by atoms with Crippen LogP contribution in [0.4, 0.5) is 13.2 Å². The summed E-state index contributed by atoms with van der Waals surface area (Å²) in [7, 11) is 2.02. The van der Waals surface area contributed by atoms with Gasteiger partial charge in [-0.1, -0.05) is 64.1 Å². The molecule has 0 saturated carbocycles. The molecule has 4 rings (SSSR count). The van der Waals surface area contributed by atoms with Gasteiger partial charge >= 0.3 is 12.1 Å². The maximum absolute atomic E-state index is 14.5. The largest absolute Gasteiger partial charge is 0.508 e. The van der Waals surface area contributed by atoms with E-state index in [2.05, 4.69) is 37.2 Å². The standard InChI is InChI=1S/C45H63N13O12S2.C2HF3O2/c46-16-4-8-28(39(64)51-21-37(50)62)53-44(69)34-9-5-17-58(34)45(70)33-23-72-71-22-27(47)38(63)54-30(19-25-10-12-26(59)13-11-25)42(67)55-31(18-24-6-2-1-3-7-24)41(66)52-29(14-15-35(48)60)40(65)56-32(20-36(49)61)43(68)57-33;3-2(4,5)1(6)7/h1-3,6-7,10-13,27-34,59H,4-5,8-9,14-23,46-47H2,(H2,48,60)(H2,49,61)(H2,50,62)(H,51,64)(H,52,66)(H,53,69)(H,54,63)(H,55,67)(H,56,65)(H,57,68);(H,6,7)/t27-,28-,29-,30-,31-,32-,33-,34-;/m0./s1. The second-order valence-electron chi connectivity index (χ2n) is 17.9. The molecule has 434 valence electrons. The Morgan fingerprint density at radius 3 is 1.81 bits per heavy atom. The highest BCUT2D eigenvalue weighted by atomic mass is 33.1. The van der Waals surface area contributed by atoms with Gasteiger partial charge in [-0.15, -0.1) is 0 Å². The molecular formula is C47H64F3N13O14S2. The molecule has 0 unspecified atom stereocenters. The summed E-state index contributed by atoms with van der Waals surface area (Å²) >= 11 is 0. The quantitative estimate of drug-likeness (QED) is 0.0631. The van der Waals surface area contributed by atoms with E-state index in [9.17, 15) is 71.0 Å². The molecule has 2 aliphatic heterocycles. The molecule has 2 aromatic carbocycles. The lowest BCUT2D eigenvalue weighted by atomic mass is 10.0. The number of amides is 11. The Hall–Kier alpha value is -7.71. The van der Waals surface area contributed by atoms with E-state index in [-0.39, 0.29) is 56.0 Å². The molecule has 32 heteroatoms. The van der Waals surface area contributed by atoms with Crippen LogP contribution in [-0.4, -0.2) is 172 Å². The minimum absolute atomic E-state index is 0.0281. The van der Waals surface area contributed by atoms with Crippen molar-refractivity contribution >= 4 is 92.5 Å². The van der Waals surface area contributed by atoms with Crippen LogP contribution < -0.4 is 65.9 Å². The average Bonchev–Trinajstić information content (AvgIpc) is 3.91. The van der Waals surface area contributed by atoms with Gasteiger partial charge in [0.25, 0.3) is 0 Å². The van der Waals surface area contributed by atoms with Crippen molar-refractivity contribution in [2.24, 2.45) is 28.7 Å². The predicted molar refractivity (Wildman–Crippen MR) is 278 cm³/mol. The van der Waals surface area contributed by atoms with E-state index in [4.69, 9.17) is 38.6 Å². The van der Waals surface area contributed by atoms with Crippen LogP contribution in [0.2, 0.25) is 0 Å². The number of nitrogens with two attached hydrogens (primary N) is 5. The number of carboxylic acid groups (broad SMARTS) is 1. The number of phenols is 1. The number of carboxylic acids is 1. The lowest BCUT2D eigenvalue weighted by molar-refractivity contribution is -0.192. The summed E-state index contributed by atoms with van der Waals surface area (Å²) < 4.78 is 31.7. The fourth-order valence-electron chi connectivity index (χ4n) is 7.62. The Bertz CT molecular complexity index is 2500. The SMILES string of the molecule is NCCC[C@H](NC(=O)[C@@H]1CCCN1C(=O)[C@@H]1CSSC[C@H](N)C(=O)N[C@@H](Cc2ccc(O)cc2)C(=O)N[C@@H](Cc2ccccc2)C(=O)N[C@@H](CCC(N)=O)C(=O)N[C@@H](CC(N)=O)C(=O)N1)C(=O)NCC(N)=O.O=C(O)C(F)(F)F. The third kappa shape index (κ3) is 23.0. The van der Waals surface area contributed by atoms with Crippen LogP contribution in [0.25, 0.3) is 0 Å². The minimum Gasteiger partial charge on any atom is -0.508 e. The maximum Gasteiger partial charge on any atom is 0.490 e. The van der Waals surface area contributed by atoms with Crippen molar-refractivity contribution in [3.05, 3.63) is 65.7 Å². The number of aromatic hydroxyl groups is 1. The van der Waals surface area contributed by atoms with Gasteiger partial charge in [0.1, 0.15) is 48.0 Å². The number of alkyl halides is 3. The molecule has 2 aromatic rings. The number of nitrogens with zero attached hydrogens (tertiary/aromatic N) is 1. The first-order valence-corrected chi connectivity index (χ1v) is 26.8. The average molecular weight is 1160 g/mol. The van der Waals surface area contributed by atoms with Crippen molar-refractivity contribution < 1.29 is 80.9 Å². The monoisotopic (exact) mass is 1160 g/mol. The molecular weight excluding hydrogens is 1090 g/mol. The normalized spacial score (nSPS) is 22.1. The molecule has 79 heavy (non-hydrogen) atoms. The zero-order valence-corrected chi connectivity index (χ0v) is 43.9. The molecule has 0 radical (unpaired) electrons. The van der Waals surface area contributed by atoms with Gasteiger partial charge in [0.2, 0.25) is 65.0 Å². The number of halogens is 3. The second kappa shape index (κ2) is 32.3. The molecule has 19 N–H and O–H groups in total. The van der Waals surface area contributed by atoms with Crippen molar-refractivity contribution in [3.63, 3.8) is 0 Å². The van der Waals surface area contributed by atoms with Crippen LogP contribution in [0.15, 0.2) is 54.6 Å². The molecule has 0 bridgehead atoms. The number of phenolic OH excluding ortho intramolecular Hbond substituents is 1. The van der Waals surface area contributed by atoms with Crippen LogP contribution in [0.1, 0.15) is 56.1 Å². The highest BCUT2D eigenvalue weighted by Gasteiger charge is 2.41. The third-order valence-corrected chi connectivity index (χ3v) is 14.1. The summed E-state index contributed by atoms with van der Waals surface area (Å²) in [6.07, 6.45) is -6.18. The molecule has 0 aliphatic carbocycles. The van der Waals surface area contributed by atoms with E-state index >= 15 is 0 Å². The summed E-state index contributed by atoms with van der Waals surface area (Å²) in [4.78, 5) is 158. The number of hydrogen-bond donors (Lipinski definition) is 14. The summed E-state index contributed by atoms with van der Waals surface area (Å²) in [6, 6.07) is 3.04. The highest BCUT2D eigenvalue weighted by molar-refractivity contribution is 8.76. The first-order valence-electron chi connectivity index (χ1n) is 24.3. The Kier molecular flexibility index (Phi) is 26.8. The molecule has 2 fully saturated rings. The maximum atomic E-state index is 14.5. The number of benzene rings is 2. The zero-order valence-electron chi connectivity index (χ0n) is 42.3. The van der Waals surface area contributed by atoms with E-state index in [0.29, 0.717) is 24.0 Å². The Balaban J connectivity index is 0.00000219. The van der Waals surface area contributed by atoms with Gasteiger partial charge in [0, 0.05) is 37.3 Å². The van der Waals surface area contributed by atoms with Gasteiger partial charge in [-0.05, 0) is 61.9 Å². The number of carbonyl (C=O) groups excluding carboxylic acids is 11. The molecule has 2 heterocycles. The Morgan fingerprint density at radius 2 is 1.25 bits per heavy atom.